The van der Waals surface area contributed by atoms with E-state index in [-0.39, 0.29) is 6.03 Å². The second-order valence-corrected chi connectivity index (χ2v) is 5.32. The lowest BCUT2D eigenvalue weighted by Gasteiger charge is -2.15. The van der Waals surface area contributed by atoms with Crippen LogP contribution in [0.1, 0.15) is 18.4 Å². The van der Waals surface area contributed by atoms with Crippen molar-refractivity contribution in [1.82, 2.24) is 19.8 Å². The molecule has 3 rings (SSSR count). The predicted molar refractivity (Wildman–Crippen MR) is 78.6 cm³/mol. The summed E-state index contributed by atoms with van der Waals surface area (Å²) in [5, 5.41) is 4.18. The van der Waals surface area contributed by atoms with E-state index in [1.54, 1.807) is 6.20 Å². The molecule has 2 amide bonds. The van der Waals surface area contributed by atoms with Gasteiger partial charge >= 0.3 is 6.03 Å². The maximum absolute atomic E-state index is 11.9. The molecule has 0 saturated carbocycles. The Hall–Kier alpha value is -2.04. The molecule has 106 valence electrons. The van der Waals surface area contributed by atoms with E-state index in [1.807, 2.05) is 22.6 Å². The largest absolute Gasteiger partial charge is 0.338 e. The number of carbonyl (C=O) groups is 1. The molecule has 0 radical (unpaired) electrons. The van der Waals surface area contributed by atoms with Crippen molar-refractivity contribution < 1.29 is 4.79 Å². The smallest absolute Gasteiger partial charge is 0.317 e. The van der Waals surface area contributed by atoms with Crippen LogP contribution in [-0.2, 0) is 13.5 Å². The number of likely N-dealkylation sites (tertiary alicyclic amines) is 1. The van der Waals surface area contributed by atoms with Crippen LogP contribution in [-0.4, -0.2) is 40.1 Å². The molecule has 5 nitrogen and oxygen atoms in total. The van der Waals surface area contributed by atoms with Gasteiger partial charge in [-0.2, -0.15) is 0 Å². The van der Waals surface area contributed by atoms with Gasteiger partial charge in [-0.1, -0.05) is 0 Å². The highest BCUT2D eigenvalue weighted by atomic mass is 16.2. The quantitative estimate of drug-likeness (QED) is 0.928. The molecule has 0 aliphatic carbocycles. The zero-order chi connectivity index (χ0) is 13.9. The topological polar surface area (TPSA) is 50.2 Å². The number of aryl methyl sites for hydroxylation is 1. The highest BCUT2D eigenvalue weighted by Gasteiger charge is 2.17. The first-order chi connectivity index (χ1) is 9.75. The normalized spacial score (nSPS) is 14.9. The number of carbonyl (C=O) groups excluding carboxylic acids is 1. The van der Waals surface area contributed by atoms with Crippen molar-refractivity contribution in [2.45, 2.75) is 19.3 Å². The molecule has 1 N–H and O–H groups in total. The van der Waals surface area contributed by atoms with Gasteiger partial charge in [0.2, 0.25) is 0 Å². The third kappa shape index (κ3) is 2.48. The molecule has 2 aromatic heterocycles. The van der Waals surface area contributed by atoms with Crippen molar-refractivity contribution in [2.24, 2.45) is 7.05 Å². The standard InChI is InChI=1S/C15H20N4O/c1-18-11-12(13-5-4-7-16-14(13)18)6-8-17-15(20)19-9-2-3-10-19/h4-5,7,11H,2-3,6,8-10H2,1H3,(H,17,20). The molecule has 0 atom stereocenters. The van der Waals surface area contributed by atoms with Crippen LogP contribution >= 0.6 is 0 Å². The van der Waals surface area contributed by atoms with E-state index in [0.29, 0.717) is 6.54 Å². The first-order valence-electron chi connectivity index (χ1n) is 7.17. The third-order valence-electron chi connectivity index (χ3n) is 3.88. The number of pyridine rings is 1. The van der Waals surface area contributed by atoms with E-state index in [1.165, 1.54) is 10.9 Å². The fraction of sp³-hybridized carbons (Fsp3) is 0.467. The van der Waals surface area contributed by atoms with E-state index in [2.05, 4.69) is 22.6 Å². The number of hydrogen-bond acceptors (Lipinski definition) is 2. The molecular weight excluding hydrogens is 252 g/mol. The second kappa shape index (κ2) is 5.53. The van der Waals surface area contributed by atoms with E-state index >= 15 is 0 Å². The number of rotatable bonds is 3. The van der Waals surface area contributed by atoms with Gasteiger partial charge in [-0.05, 0) is 37.0 Å². The molecule has 1 fully saturated rings. The fourth-order valence-electron chi connectivity index (χ4n) is 2.83. The fourth-order valence-corrected chi connectivity index (χ4v) is 2.83. The molecule has 5 heteroatoms. The molecule has 0 spiro atoms. The van der Waals surface area contributed by atoms with E-state index in [0.717, 1.165) is 38.0 Å². The van der Waals surface area contributed by atoms with Crippen molar-refractivity contribution in [2.75, 3.05) is 19.6 Å². The SMILES string of the molecule is Cn1cc(CCNC(=O)N2CCCC2)c2cccnc21. The summed E-state index contributed by atoms with van der Waals surface area (Å²) in [5.41, 5.74) is 2.23. The van der Waals surface area contributed by atoms with Gasteiger partial charge < -0.3 is 14.8 Å². The summed E-state index contributed by atoms with van der Waals surface area (Å²) in [6, 6.07) is 4.11. The van der Waals surface area contributed by atoms with Crippen molar-refractivity contribution >= 4 is 17.1 Å². The van der Waals surface area contributed by atoms with Gasteiger partial charge in [-0.25, -0.2) is 9.78 Å². The Morgan fingerprint density at radius 3 is 3.00 bits per heavy atom. The zero-order valence-electron chi connectivity index (χ0n) is 11.8. The number of hydrogen-bond donors (Lipinski definition) is 1. The Morgan fingerprint density at radius 1 is 1.40 bits per heavy atom. The summed E-state index contributed by atoms with van der Waals surface area (Å²) in [5.74, 6) is 0. The zero-order valence-corrected chi connectivity index (χ0v) is 11.8. The number of aromatic nitrogens is 2. The Morgan fingerprint density at radius 2 is 2.20 bits per heavy atom. The van der Waals surface area contributed by atoms with Crippen LogP contribution in [0.25, 0.3) is 11.0 Å². The van der Waals surface area contributed by atoms with Gasteiger partial charge in [-0.3, -0.25) is 0 Å². The lowest BCUT2D eigenvalue weighted by atomic mass is 10.1. The van der Waals surface area contributed by atoms with E-state index in [9.17, 15) is 4.79 Å². The minimum atomic E-state index is 0.0702. The van der Waals surface area contributed by atoms with Crippen LogP contribution in [0, 0.1) is 0 Å². The Kier molecular flexibility index (Phi) is 3.58. The summed E-state index contributed by atoms with van der Waals surface area (Å²) < 4.78 is 2.03. The molecule has 20 heavy (non-hydrogen) atoms. The minimum absolute atomic E-state index is 0.0702. The Labute approximate surface area is 118 Å². The molecule has 0 bridgehead atoms. The molecule has 1 aliphatic rings. The third-order valence-corrected chi connectivity index (χ3v) is 3.88. The molecular formula is C15H20N4O. The number of nitrogens with zero attached hydrogens (tertiary/aromatic N) is 3. The van der Waals surface area contributed by atoms with Crippen LogP contribution < -0.4 is 5.32 Å². The summed E-state index contributed by atoms with van der Waals surface area (Å²) in [7, 11) is 2.00. The average Bonchev–Trinajstić information content (AvgIpc) is 3.09. The Balaban J connectivity index is 1.61. The van der Waals surface area contributed by atoms with Crippen LogP contribution in [0.5, 0.6) is 0 Å². The molecule has 0 unspecified atom stereocenters. The summed E-state index contributed by atoms with van der Waals surface area (Å²) in [6.45, 7) is 2.46. The van der Waals surface area contributed by atoms with E-state index in [4.69, 9.17) is 0 Å². The van der Waals surface area contributed by atoms with Crippen LogP contribution in [0.2, 0.25) is 0 Å². The maximum atomic E-state index is 11.9. The highest BCUT2D eigenvalue weighted by Crippen LogP contribution is 2.18. The van der Waals surface area contributed by atoms with Gasteiger partial charge in [0.1, 0.15) is 5.65 Å². The van der Waals surface area contributed by atoms with Gasteiger partial charge in [0.05, 0.1) is 0 Å². The average molecular weight is 272 g/mol. The van der Waals surface area contributed by atoms with E-state index < -0.39 is 0 Å². The number of fused-ring (bicyclic) bond motifs is 1. The van der Waals surface area contributed by atoms with Crippen molar-refractivity contribution in [3.05, 3.63) is 30.1 Å². The monoisotopic (exact) mass is 272 g/mol. The number of amides is 2. The van der Waals surface area contributed by atoms with Crippen molar-refractivity contribution in [3.8, 4) is 0 Å². The molecule has 1 aliphatic heterocycles. The van der Waals surface area contributed by atoms with Crippen LogP contribution in [0.4, 0.5) is 4.79 Å². The van der Waals surface area contributed by atoms with Gasteiger partial charge in [0.25, 0.3) is 0 Å². The lowest BCUT2D eigenvalue weighted by Crippen LogP contribution is -2.38. The second-order valence-electron chi connectivity index (χ2n) is 5.32. The van der Waals surface area contributed by atoms with Gasteiger partial charge in [0, 0.05) is 44.5 Å². The minimum Gasteiger partial charge on any atom is -0.338 e. The molecule has 0 aromatic carbocycles. The molecule has 1 saturated heterocycles. The highest BCUT2D eigenvalue weighted by molar-refractivity contribution is 5.80. The predicted octanol–water partition coefficient (Wildman–Crippen LogP) is 1.92. The number of urea groups is 1. The van der Waals surface area contributed by atoms with Crippen molar-refractivity contribution in [1.29, 1.82) is 0 Å². The molecule has 2 aromatic rings. The lowest BCUT2D eigenvalue weighted by molar-refractivity contribution is 0.209. The van der Waals surface area contributed by atoms with Crippen molar-refractivity contribution in [3.63, 3.8) is 0 Å². The van der Waals surface area contributed by atoms with Gasteiger partial charge in [0.15, 0.2) is 0 Å². The Bertz CT molecular complexity index is 613. The first kappa shape index (κ1) is 13.0. The first-order valence-corrected chi connectivity index (χ1v) is 7.17. The summed E-state index contributed by atoms with van der Waals surface area (Å²) >= 11 is 0. The summed E-state index contributed by atoms with van der Waals surface area (Å²) in [6.07, 6.45) is 6.99. The number of nitrogens with one attached hydrogen (secondary N) is 1. The van der Waals surface area contributed by atoms with Crippen LogP contribution in [0.3, 0.4) is 0 Å². The molecule has 3 heterocycles. The van der Waals surface area contributed by atoms with Crippen LogP contribution in [0.15, 0.2) is 24.5 Å². The van der Waals surface area contributed by atoms with Gasteiger partial charge in [-0.15, -0.1) is 0 Å². The summed E-state index contributed by atoms with van der Waals surface area (Å²) in [4.78, 5) is 18.2. The maximum Gasteiger partial charge on any atom is 0.317 e.